The zero-order valence-electron chi connectivity index (χ0n) is 15.8. The van der Waals surface area contributed by atoms with E-state index < -0.39 is 6.04 Å². The van der Waals surface area contributed by atoms with E-state index in [0.717, 1.165) is 0 Å². The maximum Gasteiger partial charge on any atom is 0.251 e. The molecule has 142 valence electrons. The molecule has 1 atom stereocenters. The van der Waals surface area contributed by atoms with Crippen LogP contribution < -0.4 is 10.6 Å². The fourth-order valence-electron chi connectivity index (χ4n) is 3.17. The summed E-state index contributed by atoms with van der Waals surface area (Å²) in [6.45, 7) is 7.43. The molecule has 0 radical (unpaired) electrons. The number of nitrogens with zero attached hydrogens (tertiary/aromatic N) is 1. The molecule has 3 amide bonds. The van der Waals surface area contributed by atoms with Gasteiger partial charge in [-0.3, -0.25) is 14.4 Å². The molecule has 1 aromatic rings. The van der Waals surface area contributed by atoms with Gasteiger partial charge in [0.25, 0.3) is 5.91 Å². The molecule has 0 saturated carbocycles. The van der Waals surface area contributed by atoms with E-state index in [9.17, 15) is 14.4 Å². The summed E-state index contributed by atoms with van der Waals surface area (Å²) in [5, 5.41) is 5.85. The lowest BCUT2D eigenvalue weighted by Gasteiger charge is -2.35. The summed E-state index contributed by atoms with van der Waals surface area (Å²) < 4.78 is 0. The molecular weight excluding hydrogens is 330 g/mol. The van der Waals surface area contributed by atoms with Crippen molar-refractivity contribution in [3.63, 3.8) is 0 Å². The molecule has 6 nitrogen and oxygen atoms in total. The summed E-state index contributed by atoms with van der Waals surface area (Å²) in [5.74, 6) is 0.0144. The molecule has 1 heterocycles. The molecular formula is C20H29N3O3. The Morgan fingerprint density at radius 2 is 1.73 bits per heavy atom. The van der Waals surface area contributed by atoms with Gasteiger partial charge in [0.1, 0.15) is 6.04 Å². The van der Waals surface area contributed by atoms with Gasteiger partial charge < -0.3 is 15.5 Å². The first-order valence-electron chi connectivity index (χ1n) is 9.27. The monoisotopic (exact) mass is 359 g/mol. The van der Waals surface area contributed by atoms with Crippen molar-refractivity contribution in [1.82, 2.24) is 15.5 Å². The van der Waals surface area contributed by atoms with E-state index >= 15 is 0 Å². The highest BCUT2D eigenvalue weighted by molar-refractivity contribution is 5.97. The van der Waals surface area contributed by atoms with Gasteiger partial charge in [-0.25, -0.2) is 0 Å². The molecule has 2 rings (SSSR count). The molecule has 1 aliphatic heterocycles. The van der Waals surface area contributed by atoms with Crippen molar-refractivity contribution in [3.05, 3.63) is 35.9 Å². The molecule has 2 N–H and O–H groups in total. The number of carbonyl (C=O) groups is 3. The molecule has 1 saturated heterocycles. The van der Waals surface area contributed by atoms with Gasteiger partial charge in [0.05, 0.1) is 0 Å². The van der Waals surface area contributed by atoms with Crippen molar-refractivity contribution in [2.75, 3.05) is 19.6 Å². The van der Waals surface area contributed by atoms with E-state index in [1.165, 1.54) is 0 Å². The lowest BCUT2D eigenvalue weighted by molar-refractivity contribution is -0.130. The van der Waals surface area contributed by atoms with Crippen LogP contribution in [0.4, 0.5) is 0 Å². The molecule has 1 aliphatic rings. The van der Waals surface area contributed by atoms with E-state index in [1.54, 1.807) is 36.1 Å². The third-order valence-corrected chi connectivity index (χ3v) is 4.75. The summed E-state index contributed by atoms with van der Waals surface area (Å²) in [6, 6.07) is 8.33. The second kappa shape index (κ2) is 9.36. The summed E-state index contributed by atoms with van der Waals surface area (Å²) in [4.78, 5) is 38.6. The van der Waals surface area contributed by atoms with Crippen LogP contribution in [0, 0.1) is 11.8 Å². The van der Waals surface area contributed by atoms with Gasteiger partial charge in [0.2, 0.25) is 11.8 Å². The molecule has 0 bridgehead atoms. The SMILES string of the molecule is CC(=O)N1CCC([C@H](NC(=O)c2ccccc2)C(=O)NCC(C)C)CC1. The Kier molecular flexibility index (Phi) is 7.18. The van der Waals surface area contributed by atoms with Gasteiger partial charge in [-0.2, -0.15) is 0 Å². The highest BCUT2D eigenvalue weighted by Gasteiger charge is 2.33. The second-order valence-electron chi connectivity index (χ2n) is 7.30. The molecule has 6 heteroatoms. The van der Waals surface area contributed by atoms with Crippen LogP contribution in [-0.4, -0.2) is 48.3 Å². The number of hydrogen-bond acceptors (Lipinski definition) is 3. The van der Waals surface area contributed by atoms with Crippen LogP contribution in [0.2, 0.25) is 0 Å². The summed E-state index contributed by atoms with van der Waals surface area (Å²) in [7, 11) is 0. The van der Waals surface area contributed by atoms with Crippen LogP contribution in [0.1, 0.15) is 44.0 Å². The van der Waals surface area contributed by atoms with Crippen molar-refractivity contribution in [3.8, 4) is 0 Å². The largest absolute Gasteiger partial charge is 0.354 e. The zero-order valence-corrected chi connectivity index (χ0v) is 15.8. The highest BCUT2D eigenvalue weighted by atomic mass is 16.2. The van der Waals surface area contributed by atoms with Gasteiger partial charge in [0.15, 0.2) is 0 Å². The van der Waals surface area contributed by atoms with Crippen LogP contribution in [0.5, 0.6) is 0 Å². The lowest BCUT2D eigenvalue weighted by atomic mass is 9.88. The van der Waals surface area contributed by atoms with Gasteiger partial charge in [-0.05, 0) is 36.8 Å². The molecule has 0 spiro atoms. The maximum atomic E-state index is 12.7. The van der Waals surface area contributed by atoms with Gasteiger partial charge >= 0.3 is 0 Å². The number of piperidine rings is 1. The Morgan fingerprint density at radius 3 is 2.27 bits per heavy atom. The molecule has 26 heavy (non-hydrogen) atoms. The number of likely N-dealkylation sites (tertiary alicyclic amines) is 1. The van der Waals surface area contributed by atoms with E-state index in [4.69, 9.17) is 0 Å². The molecule has 0 unspecified atom stereocenters. The molecule has 1 fully saturated rings. The van der Waals surface area contributed by atoms with Crippen molar-refractivity contribution in [2.45, 2.75) is 39.7 Å². The average molecular weight is 359 g/mol. The summed E-state index contributed by atoms with van der Waals surface area (Å²) in [5.41, 5.74) is 0.537. The number of amides is 3. The van der Waals surface area contributed by atoms with Crippen LogP contribution in [0.3, 0.4) is 0 Å². The van der Waals surface area contributed by atoms with Crippen molar-refractivity contribution in [1.29, 1.82) is 0 Å². The first-order valence-corrected chi connectivity index (χ1v) is 9.27. The fourth-order valence-corrected chi connectivity index (χ4v) is 3.17. The first-order chi connectivity index (χ1) is 12.4. The Labute approximate surface area is 155 Å². The van der Waals surface area contributed by atoms with Gasteiger partial charge in [-0.15, -0.1) is 0 Å². The molecule has 1 aromatic carbocycles. The Morgan fingerprint density at radius 1 is 1.12 bits per heavy atom. The topological polar surface area (TPSA) is 78.5 Å². The number of benzene rings is 1. The quantitative estimate of drug-likeness (QED) is 0.813. The third kappa shape index (κ3) is 5.58. The minimum Gasteiger partial charge on any atom is -0.354 e. The minimum atomic E-state index is -0.587. The molecule has 0 aliphatic carbocycles. The smallest absolute Gasteiger partial charge is 0.251 e. The normalized spacial score (nSPS) is 16.2. The van der Waals surface area contributed by atoms with Gasteiger partial charge in [-0.1, -0.05) is 32.0 Å². The molecule has 0 aromatic heterocycles. The number of rotatable bonds is 6. The minimum absolute atomic E-state index is 0.0189. The predicted molar refractivity (Wildman–Crippen MR) is 101 cm³/mol. The Balaban J connectivity index is 2.07. The standard InChI is InChI=1S/C20H29N3O3/c1-14(2)13-21-20(26)18(16-9-11-23(12-10-16)15(3)24)22-19(25)17-7-5-4-6-8-17/h4-8,14,16,18H,9-13H2,1-3H3,(H,21,26)(H,22,25)/t18-/m0/s1. The van der Waals surface area contributed by atoms with Crippen LogP contribution in [0.25, 0.3) is 0 Å². The van der Waals surface area contributed by atoms with Crippen LogP contribution in [-0.2, 0) is 9.59 Å². The van der Waals surface area contributed by atoms with Crippen molar-refractivity contribution < 1.29 is 14.4 Å². The highest BCUT2D eigenvalue weighted by Crippen LogP contribution is 2.21. The number of nitrogens with one attached hydrogen (secondary N) is 2. The third-order valence-electron chi connectivity index (χ3n) is 4.75. The van der Waals surface area contributed by atoms with Crippen LogP contribution >= 0.6 is 0 Å². The summed E-state index contributed by atoms with van der Waals surface area (Å²) >= 11 is 0. The number of hydrogen-bond donors (Lipinski definition) is 2. The van der Waals surface area contributed by atoms with Gasteiger partial charge in [0, 0.05) is 32.1 Å². The van der Waals surface area contributed by atoms with E-state index in [0.29, 0.717) is 44.0 Å². The predicted octanol–water partition coefficient (Wildman–Crippen LogP) is 1.82. The Hall–Kier alpha value is -2.37. The maximum absolute atomic E-state index is 12.7. The first kappa shape index (κ1) is 19.9. The average Bonchev–Trinajstić information content (AvgIpc) is 2.64. The zero-order chi connectivity index (χ0) is 19.1. The van der Waals surface area contributed by atoms with Crippen molar-refractivity contribution in [2.24, 2.45) is 11.8 Å². The Bertz CT molecular complexity index is 622. The van der Waals surface area contributed by atoms with Crippen LogP contribution in [0.15, 0.2) is 30.3 Å². The summed E-state index contributed by atoms with van der Waals surface area (Å²) in [6.07, 6.45) is 1.41. The van der Waals surface area contributed by atoms with E-state index in [2.05, 4.69) is 10.6 Å². The van der Waals surface area contributed by atoms with Crippen molar-refractivity contribution >= 4 is 17.7 Å². The van der Waals surface area contributed by atoms with E-state index in [-0.39, 0.29) is 23.6 Å². The number of carbonyl (C=O) groups excluding carboxylic acids is 3. The van der Waals surface area contributed by atoms with E-state index in [1.807, 2.05) is 19.9 Å². The lowest BCUT2D eigenvalue weighted by Crippen LogP contribution is -2.54. The second-order valence-corrected chi connectivity index (χ2v) is 7.30. The fraction of sp³-hybridized carbons (Fsp3) is 0.550.